The van der Waals surface area contributed by atoms with Crippen molar-refractivity contribution in [1.29, 1.82) is 0 Å². The molecular weight excluding hydrogens is 108 g/mol. The summed E-state index contributed by atoms with van der Waals surface area (Å²) in [7, 11) is 0. The smallest absolute Gasteiger partial charge is 0.432 e. The van der Waals surface area contributed by atoms with Crippen molar-refractivity contribution in [2.75, 3.05) is 0 Å². The first-order chi connectivity index (χ1) is 3.77. The van der Waals surface area contributed by atoms with Gasteiger partial charge in [0.1, 0.15) is 0 Å². The van der Waals surface area contributed by atoms with Crippen molar-refractivity contribution in [2.45, 2.75) is 13.8 Å². The fraction of sp³-hybridized carbons (Fsp3) is 0.500. The van der Waals surface area contributed by atoms with E-state index in [-0.39, 0.29) is 0 Å². The molecule has 48 valence electrons. The molecule has 0 aromatic carbocycles. The Balaban J connectivity index is 0. The van der Waals surface area contributed by atoms with E-state index in [4.69, 9.17) is 5.11 Å². The minimum absolute atomic E-state index is 0.725. The molecule has 4 heteroatoms. The molecule has 0 aromatic rings. The highest BCUT2D eigenvalue weighted by Gasteiger charge is 1.78. The van der Waals surface area contributed by atoms with Crippen LogP contribution in [0.4, 0.5) is 4.79 Å². The Morgan fingerprint density at radius 2 is 2.12 bits per heavy atom. The van der Waals surface area contributed by atoms with Gasteiger partial charge in [-0.1, -0.05) is 13.8 Å². The summed E-state index contributed by atoms with van der Waals surface area (Å²) >= 11 is 0. The van der Waals surface area contributed by atoms with Crippen LogP contribution in [-0.2, 0) is 0 Å². The van der Waals surface area contributed by atoms with Crippen molar-refractivity contribution < 1.29 is 9.90 Å². The van der Waals surface area contributed by atoms with E-state index in [1.54, 1.807) is 0 Å². The molecule has 0 unspecified atom stereocenters. The standard InChI is InChI=1S/C2H4N2O2.C2H6/c3-1-4-2(5)6;1-2/h1H,(H2,3,4)(H,5,6);1-2H3. The van der Waals surface area contributed by atoms with E-state index in [0.717, 1.165) is 6.34 Å². The number of rotatable bonds is 0. The van der Waals surface area contributed by atoms with Crippen LogP contribution in [0.3, 0.4) is 0 Å². The van der Waals surface area contributed by atoms with Crippen LogP contribution in [0.1, 0.15) is 13.8 Å². The number of hydrogen-bond acceptors (Lipinski definition) is 1. The Morgan fingerprint density at radius 3 is 2.12 bits per heavy atom. The molecule has 0 aliphatic carbocycles. The lowest BCUT2D eigenvalue weighted by Crippen LogP contribution is -1.93. The largest absolute Gasteiger partial charge is 0.463 e. The topological polar surface area (TPSA) is 75.7 Å². The SMILES string of the molecule is CC.NC=NC(=O)O. The quantitative estimate of drug-likeness (QED) is 0.362. The van der Waals surface area contributed by atoms with Crippen molar-refractivity contribution in [3.05, 3.63) is 0 Å². The Labute approximate surface area is 48.0 Å². The van der Waals surface area contributed by atoms with Gasteiger partial charge in [-0.05, 0) is 0 Å². The number of aliphatic imine (C=N–C) groups is 1. The third-order valence-electron chi connectivity index (χ3n) is 0.185. The van der Waals surface area contributed by atoms with E-state index in [0.29, 0.717) is 0 Å². The molecule has 0 rings (SSSR count). The summed E-state index contributed by atoms with van der Waals surface area (Å²) < 4.78 is 0. The first kappa shape index (κ1) is 10.0. The summed E-state index contributed by atoms with van der Waals surface area (Å²) in [5, 5.41) is 7.64. The normalized spacial score (nSPS) is 7.75. The molecule has 1 amide bonds. The zero-order valence-corrected chi connectivity index (χ0v) is 4.96. The van der Waals surface area contributed by atoms with Crippen LogP contribution in [0.25, 0.3) is 0 Å². The van der Waals surface area contributed by atoms with Crippen molar-refractivity contribution in [1.82, 2.24) is 0 Å². The van der Waals surface area contributed by atoms with Gasteiger partial charge in [-0.2, -0.15) is 4.99 Å². The second-order valence-electron chi connectivity index (χ2n) is 0.561. The van der Waals surface area contributed by atoms with Gasteiger partial charge < -0.3 is 10.8 Å². The second-order valence-corrected chi connectivity index (χ2v) is 0.561. The van der Waals surface area contributed by atoms with Crippen LogP contribution >= 0.6 is 0 Å². The van der Waals surface area contributed by atoms with E-state index < -0.39 is 6.09 Å². The summed E-state index contributed by atoms with van der Waals surface area (Å²) in [6.07, 6.45) is -0.542. The summed E-state index contributed by atoms with van der Waals surface area (Å²) in [5.74, 6) is 0. The van der Waals surface area contributed by atoms with Gasteiger partial charge in [0.2, 0.25) is 0 Å². The summed E-state index contributed by atoms with van der Waals surface area (Å²) in [6.45, 7) is 4.00. The van der Waals surface area contributed by atoms with E-state index in [1.807, 2.05) is 13.8 Å². The molecule has 0 aliphatic heterocycles. The Hall–Kier alpha value is -1.06. The van der Waals surface area contributed by atoms with Gasteiger partial charge in [-0.3, -0.25) is 0 Å². The molecule has 4 nitrogen and oxygen atoms in total. The molecule has 3 N–H and O–H groups in total. The predicted octanol–water partition coefficient (Wildman–Crippen LogP) is 0.678. The van der Waals surface area contributed by atoms with Crippen molar-refractivity contribution in [3.63, 3.8) is 0 Å². The lowest BCUT2D eigenvalue weighted by molar-refractivity contribution is 0.206. The van der Waals surface area contributed by atoms with Gasteiger partial charge in [-0.25, -0.2) is 4.79 Å². The van der Waals surface area contributed by atoms with Crippen LogP contribution < -0.4 is 5.73 Å². The lowest BCUT2D eigenvalue weighted by Gasteiger charge is -1.69. The molecule has 0 aromatic heterocycles. The van der Waals surface area contributed by atoms with Gasteiger partial charge in [0.25, 0.3) is 0 Å². The maximum atomic E-state index is 9.32. The van der Waals surface area contributed by atoms with Crippen molar-refractivity contribution in [2.24, 2.45) is 10.7 Å². The van der Waals surface area contributed by atoms with Gasteiger partial charge in [0.15, 0.2) is 0 Å². The number of hydrogen-bond donors (Lipinski definition) is 2. The summed E-state index contributed by atoms with van der Waals surface area (Å²) in [4.78, 5) is 12.0. The first-order valence-electron chi connectivity index (χ1n) is 2.24. The van der Waals surface area contributed by atoms with Crippen LogP contribution in [0.15, 0.2) is 4.99 Å². The molecule has 0 radical (unpaired) electrons. The number of carboxylic acid groups (broad SMARTS) is 1. The number of nitrogens with zero attached hydrogens (tertiary/aromatic N) is 1. The maximum absolute atomic E-state index is 9.32. The third-order valence-corrected chi connectivity index (χ3v) is 0.185. The summed E-state index contributed by atoms with van der Waals surface area (Å²) in [6, 6.07) is 0. The van der Waals surface area contributed by atoms with Gasteiger partial charge in [-0.15, -0.1) is 0 Å². The Morgan fingerprint density at radius 1 is 1.75 bits per heavy atom. The molecule has 0 atom stereocenters. The van der Waals surface area contributed by atoms with E-state index >= 15 is 0 Å². The Kier molecular flexibility index (Phi) is 11.7. The minimum Gasteiger partial charge on any atom is -0.463 e. The Bertz CT molecular complexity index is 80.1. The lowest BCUT2D eigenvalue weighted by atomic mass is 11.0. The van der Waals surface area contributed by atoms with Gasteiger partial charge in [0, 0.05) is 0 Å². The zero-order chi connectivity index (χ0) is 6.99. The van der Waals surface area contributed by atoms with Crippen LogP contribution in [0, 0.1) is 0 Å². The molecule has 0 heterocycles. The fourth-order valence-corrected chi connectivity index (χ4v) is 0.0638. The monoisotopic (exact) mass is 118 g/mol. The van der Waals surface area contributed by atoms with Crippen molar-refractivity contribution >= 4 is 12.4 Å². The fourth-order valence-electron chi connectivity index (χ4n) is 0.0638. The second kappa shape index (κ2) is 9.34. The zero-order valence-electron chi connectivity index (χ0n) is 4.96. The molecule has 0 spiro atoms. The van der Waals surface area contributed by atoms with Crippen LogP contribution in [0.2, 0.25) is 0 Å². The third kappa shape index (κ3) is 20.4. The highest BCUT2D eigenvalue weighted by molar-refractivity contribution is 5.75. The highest BCUT2D eigenvalue weighted by Crippen LogP contribution is 1.61. The molecule has 0 saturated heterocycles. The molecule has 0 saturated carbocycles. The van der Waals surface area contributed by atoms with Gasteiger partial charge in [0.05, 0.1) is 6.34 Å². The van der Waals surface area contributed by atoms with Crippen LogP contribution in [0.5, 0.6) is 0 Å². The van der Waals surface area contributed by atoms with Gasteiger partial charge >= 0.3 is 6.09 Å². The minimum atomic E-state index is -1.27. The molecular formula is C4H10N2O2. The molecule has 0 fully saturated rings. The average molecular weight is 118 g/mol. The van der Waals surface area contributed by atoms with Crippen molar-refractivity contribution in [3.8, 4) is 0 Å². The van der Waals surface area contributed by atoms with E-state index in [1.165, 1.54) is 0 Å². The van der Waals surface area contributed by atoms with E-state index in [2.05, 4.69) is 10.7 Å². The first-order valence-corrected chi connectivity index (χ1v) is 2.24. The molecule has 8 heavy (non-hydrogen) atoms. The maximum Gasteiger partial charge on any atom is 0.432 e. The summed E-state index contributed by atoms with van der Waals surface area (Å²) in [5.41, 5.74) is 4.56. The number of nitrogens with two attached hydrogens (primary N) is 1. The number of carbonyl (C=O) groups is 1. The number of amides is 1. The molecule has 0 aliphatic rings. The van der Waals surface area contributed by atoms with E-state index in [9.17, 15) is 4.79 Å². The molecule has 0 bridgehead atoms. The predicted molar refractivity (Wildman–Crippen MR) is 32.1 cm³/mol. The highest BCUT2D eigenvalue weighted by atomic mass is 16.4. The average Bonchev–Trinajstić information content (AvgIpc) is 1.72. The van der Waals surface area contributed by atoms with Crippen LogP contribution in [-0.4, -0.2) is 17.5 Å².